The van der Waals surface area contributed by atoms with E-state index >= 15 is 0 Å². The minimum Gasteiger partial charge on any atom is -0.497 e. The summed E-state index contributed by atoms with van der Waals surface area (Å²) in [4.78, 5) is 13.4. The van der Waals surface area contributed by atoms with Crippen LogP contribution in [0.25, 0.3) is 0 Å². The van der Waals surface area contributed by atoms with Gasteiger partial charge in [0.15, 0.2) is 0 Å². The van der Waals surface area contributed by atoms with Gasteiger partial charge in [0, 0.05) is 23.9 Å². The van der Waals surface area contributed by atoms with E-state index in [0.29, 0.717) is 33.4 Å². The van der Waals surface area contributed by atoms with Gasteiger partial charge in [-0.1, -0.05) is 42.5 Å². The van der Waals surface area contributed by atoms with Crippen molar-refractivity contribution >= 4 is 22.4 Å². The van der Waals surface area contributed by atoms with Crippen LogP contribution in [-0.2, 0) is 16.6 Å². The van der Waals surface area contributed by atoms with Gasteiger partial charge in [-0.15, -0.1) is 0 Å². The van der Waals surface area contributed by atoms with E-state index in [-0.39, 0.29) is 5.91 Å². The Morgan fingerprint density at radius 1 is 0.893 bits per heavy atom. The molecule has 0 heterocycles. The van der Waals surface area contributed by atoms with Crippen molar-refractivity contribution in [2.75, 3.05) is 19.5 Å². The highest BCUT2D eigenvalue weighted by molar-refractivity contribution is 7.84. The number of carbonyl (C=O) groups excluding carboxylic acids is 1. The van der Waals surface area contributed by atoms with Crippen molar-refractivity contribution in [2.24, 2.45) is 0 Å². The zero-order valence-electron chi connectivity index (χ0n) is 15.7. The molecule has 6 heteroatoms. The Bertz CT molecular complexity index is 967. The zero-order chi connectivity index (χ0) is 19.9. The number of nitrogens with one attached hydrogen (secondary N) is 1. The smallest absolute Gasteiger partial charge is 0.256 e. The number of rotatable bonds is 7. The number of amides is 1. The van der Waals surface area contributed by atoms with Crippen molar-refractivity contribution < 1.29 is 18.5 Å². The summed E-state index contributed by atoms with van der Waals surface area (Å²) in [6.07, 6.45) is 0. The summed E-state index contributed by atoms with van der Waals surface area (Å²) >= 11 is 0. The van der Waals surface area contributed by atoms with Crippen molar-refractivity contribution in [1.29, 1.82) is 0 Å². The summed E-state index contributed by atoms with van der Waals surface area (Å²) in [6.45, 7) is 0. The summed E-state index contributed by atoms with van der Waals surface area (Å²) in [5.41, 5.74) is 1.86. The van der Waals surface area contributed by atoms with E-state index in [1.807, 2.05) is 30.3 Å². The van der Waals surface area contributed by atoms with Crippen LogP contribution in [0.2, 0.25) is 0 Å². The molecule has 1 atom stereocenters. The summed E-state index contributed by atoms with van der Waals surface area (Å²) in [6, 6.07) is 21.6. The fourth-order valence-electron chi connectivity index (χ4n) is 2.73. The van der Waals surface area contributed by atoms with E-state index in [9.17, 15) is 9.00 Å². The lowest BCUT2D eigenvalue weighted by Gasteiger charge is -2.12. The Morgan fingerprint density at radius 3 is 2.14 bits per heavy atom. The molecule has 3 rings (SSSR count). The molecule has 0 saturated heterocycles. The van der Waals surface area contributed by atoms with Gasteiger partial charge in [-0.25, -0.2) is 0 Å². The monoisotopic (exact) mass is 395 g/mol. The number of hydrogen-bond acceptors (Lipinski definition) is 4. The lowest BCUT2D eigenvalue weighted by atomic mass is 10.2. The highest BCUT2D eigenvalue weighted by Crippen LogP contribution is 2.27. The first-order valence-electron chi connectivity index (χ1n) is 8.66. The molecular formula is C22H21NO4S. The number of carbonyl (C=O) groups is 1. The van der Waals surface area contributed by atoms with Crippen LogP contribution in [0.5, 0.6) is 11.5 Å². The molecule has 0 fully saturated rings. The topological polar surface area (TPSA) is 64.6 Å². The predicted molar refractivity (Wildman–Crippen MR) is 110 cm³/mol. The first-order chi connectivity index (χ1) is 13.6. The number of methoxy groups -OCH3 is 2. The minimum absolute atomic E-state index is 0.340. The lowest BCUT2D eigenvalue weighted by Crippen LogP contribution is -2.15. The fraction of sp³-hybridized carbons (Fsp3) is 0.136. The van der Waals surface area contributed by atoms with Crippen LogP contribution < -0.4 is 14.8 Å². The molecular weight excluding hydrogens is 374 g/mol. The molecule has 0 saturated carbocycles. The molecule has 3 aromatic rings. The predicted octanol–water partition coefficient (Wildman–Crippen LogP) is 4.26. The van der Waals surface area contributed by atoms with Crippen LogP contribution in [-0.4, -0.2) is 24.3 Å². The van der Waals surface area contributed by atoms with Gasteiger partial charge in [-0.05, 0) is 17.7 Å². The standard InChI is InChI=1S/C22H21NO4S/c1-26-18-12-17(13-19(14-18)27-2)23-22(24)20-10-6-7-11-21(20)28(25)15-16-8-4-3-5-9-16/h3-14H,15H2,1-2H3,(H,23,24). The largest absolute Gasteiger partial charge is 0.497 e. The molecule has 0 aliphatic heterocycles. The molecule has 1 unspecified atom stereocenters. The van der Waals surface area contributed by atoms with Gasteiger partial charge in [0.25, 0.3) is 5.91 Å². The molecule has 0 aromatic heterocycles. The van der Waals surface area contributed by atoms with E-state index in [4.69, 9.17) is 9.47 Å². The molecule has 0 spiro atoms. The summed E-state index contributed by atoms with van der Waals surface area (Å²) in [7, 11) is 1.74. The van der Waals surface area contributed by atoms with E-state index in [2.05, 4.69) is 5.32 Å². The molecule has 1 N–H and O–H groups in total. The quantitative estimate of drug-likeness (QED) is 0.649. The molecule has 28 heavy (non-hydrogen) atoms. The van der Waals surface area contributed by atoms with E-state index in [0.717, 1.165) is 5.56 Å². The van der Waals surface area contributed by atoms with E-state index in [1.165, 1.54) is 0 Å². The third-order valence-corrected chi connectivity index (χ3v) is 5.57. The third kappa shape index (κ3) is 4.78. The van der Waals surface area contributed by atoms with Crippen LogP contribution in [0, 0.1) is 0 Å². The third-order valence-electron chi connectivity index (χ3n) is 4.13. The normalized spacial score (nSPS) is 11.5. The van der Waals surface area contributed by atoms with E-state index < -0.39 is 10.8 Å². The van der Waals surface area contributed by atoms with Gasteiger partial charge in [0.1, 0.15) is 11.5 Å². The zero-order valence-corrected chi connectivity index (χ0v) is 16.5. The van der Waals surface area contributed by atoms with Gasteiger partial charge in [-0.2, -0.15) is 0 Å². The summed E-state index contributed by atoms with van der Waals surface area (Å²) in [5.74, 6) is 1.14. The Kier molecular flexibility index (Phi) is 6.45. The Hall–Kier alpha value is -3.12. The molecule has 0 radical (unpaired) electrons. The van der Waals surface area contributed by atoms with Crippen molar-refractivity contribution in [2.45, 2.75) is 10.6 Å². The second-order valence-corrected chi connectivity index (χ2v) is 7.45. The summed E-state index contributed by atoms with van der Waals surface area (Å²) < 4.78 is 23.3. The second kappa shape index (κ2) is 9.19. The molecule has 144 valence electrons. The van der Waals surface area contributed by atoms with Crippen molar-refractivity contribution in [3.8, 4) is 11.5 Å². The second-order valence-electron chi connectivity index (χ2n) is 6.03. The minimum atomic E-state index is -1.35. The van der Waals surface area contributed by atoms with Gasteiger partial charge in [-0.3, -0.25) is 9.00 Å². The number of benzene rings is 3. The Balaban J connectivity index is 1.84. The van der Waals surface area contributed by atoms with Crippen LogP contribution in [0.15, 0.2) is 77.7 Å². The maximum atomic E-state index is 12.9. The average molecular weight is 395 g/mol. The fourth-order valence-corrected chi connectivity index (χ4v) is 4.02. The Morgan fingerprint density at radius 2 is 1.50 bits per heavy atom. The molecule has 5 nitrogen and oxygen atoms in total. The molecule has 0 bridgehead atoms. The van der Waals surface area contributed by atoms with Gasteiger partial charge < -0.3 is 14.8 Å². The van der Waals surface area contributed by atoms with Gasteiger partial charge in [0.05, 0.1) is 41.2 Å². The van der Waals surface area contributed by atoms with Crippen LogP contribution in [0.4, 0.5) is 5.69 Å². The van der Waals surface area contributed by atoms with Crippen LogP contribution in [0.3, 0.4) is 0 Å². The molecule has 0 aliphatic rings. The highest BCUT2D eigenvalue weighted by atomic mass is 32.2. The van der Waals surface area contributed by atoms with Crippen molar-refractivity contribution in [3.63, 3.8) is 0 Å². The van der Waals surface area contributed by atoms with Crippen molar-refractivity contribution in [1.82, 2.24) is 0 Å². The molecule has 3 aromatic carbocycles. The Labute approximate surface area is 166 Å². The first-order valence-corrected chi connectivity index (χ1v) is 9.98. The van der Waals surface area contributed by atoms with E-state index in [1.54, 1.807) is 56.7 Å². The van der Waals surface area contributed by atoms with Crippen LogP contribution >= 0.6 is 0 Å². The van der Waals surface area contributed by atoms with Crippen LogP contribution in [0.1, 0.15) is 15.9 Å². The maximum absolute atomic E-state index is 12.9. The summed E-state index contributed by atoms with van der Waals surface area (Å²) in [5, 5.41) is 2.83. The van der Waals surface area contributed by atoms with Gasteiger partial charge in [0.2, 0.25) is 0 Å². The first kappa shape index (κ1) is 19.6. The maximum Gasteiger partial charge on any atom is 0.256 e. The highest BCUT2D eigenvalue weighted by Gasteiger charge is 2.17. The lowest BCUT2D eigenvalue weighted by molar-refractivity contribution is 0.102. The number of ether oxygens (including phenoxy) is 2. The number of anilines is 1. The SMILES string of the molecule is COc1cc(NC(=O)c2ccccc2S(=O)Cc2ccccc2)cc(OC)c1. The van der Waals surface area contributed by atoms with Gasteiger partial charge >= 0.3 is 0 Å². The molecule has 1 amide bonds. The van der Waals surface area contributed by atoms with Crippen molar-refractivity contribution in [3.05, 3.63) is 83.9 Å². The molecule has 0 aliphatic carbocycles. The number of hydrogen-bond donors (Lipinski definition) is 1. The average Bonchev–Trinajstić information content (AvgIpc) is 2.74.